The average molecular weight is 228 g/mol. The summed E-state index contributed by atoms with van der Waals surface area (Å²) in [6.45, 7) is 4.02. The Balaban J connectivity index is 2.36. The zero-order chi connectivity index (χ0) is 12.3. The fourth-order valence-electron chi connectivity index (χ4n) is 1.86. The summed E-state index contributed by atoms with van der Waals surface area (Å²) in [6.07, 6.45) is 2.23. The van der Waals surface area contributed by atoms with E-state index in [0.717, 1.165) is 29.8 Å². The van der Waals surface area contributed by atoms with Crippen molar-refractivity contribution in [2.75, 3.05) is 0 Å². The third-order valence-electron chi connectivity index (χ3n) is 2.67. The summed E-state index contributed by atoms with van der Waals surface area (Å²) >= 11 is 0. The molecule has 1 aromatic heterocycles. The Morgan fingerprint density at radius 2 is 1.94 bits per heavy atom. The van der Waals surface area contributed by atoms with Crippen LogP contribution in [-0.2, 0) is 6.42 Å². The Labute approximate surface area is 101 Å². The van der Waals surface area contributed by atoms with Gasteiger partial charge in [0.15, 0.2) is 0 Å². The molecule has 0 amide bonds. The molecular weight excluding hydrogens is 212 g/mol. The van der Waals surface area contributed by atoms with Gasteiger partial charge in [0.25, 0.3) is 0 Å². The van der Waals surface area contributed by atoms with Gasteiger partial charge < -0.3 is 4.98 Å². The van der Waals surface area contributed by atoms with Crippen LogP contribution in [0.1, 0.15) is 24.6 Å². The van der Waals surface area contributed by atoms with E-state index in [2.05, 4.69) is 29.0 Å². The van der Waals surface area contributed by atoms with Gasteiger partial charge in [-0.2, -0.15) is 4.98 Å². The summed E-state index contributed by atoms with van der Waals surface area (Å²) in [5, 5.41) is 0. The Kier molecular flexibility index (Phi) is 3.38. The molecule has 0 aliphatic heterocycles. The van der Waals surface area contributed by atoms with E-state index in [1.807, 2.05) is 25.1 Å². The van der Waals surface area contributed by atoms with E-state index in [0.29, 0.717) is 0 Å². The summed E-state index contributed by atoms with van der Waals surface area (Å²) in [6, 6.07) is 10.1. The van der Waals surface area contributed by atoms with Crippen LogP contribution in [-0.4, -0.2) is 9.97 Å². The average Bonchev–Trinajstić information content (AvgIpc) is 2.29. The molecule has 0 fully saturated rings. The second-order valence-corrected chi connectivity index (χ2v) is 4.20. The van der Waals surface area contributed by atoms with E-state index in [1.54, 1.807) is 0 Å². The maximum atomic E-state index is 11.3. The van der Waals surface area contributed by atoms with E-state index in [1.165, 1.54) is 5.56 Å². The molecule has 88 valence electrons. The molecule has 3 heteroatoms. The third kappa shape index (κ3) is 2.81. The predicted molar refractivity (Wildman–Crippen MR) is 69.0 cm³/mol. The number of nitrogens with one attached hydrogen (secondary N) is 1. The van der Waals surface area contributed by atoms with E-state index in [-0.39, 0.29) is 5.69 Å². The lowest BCUT2D eigenvalue weighted by Gasteiger charge is -2.03. The maximum Gasteiger partial charge on any atom is 0.345 e. The van der Waals surface area contributed by atoms with Gasteiger partial charge in [-0.25, -0.2) is 4.79 Å². The van der Waals surface area contributed by atoms with Crippen molar-refractivity contribution >= 4 is 0 Å². The van der Waals surface area contributed by atoms with Crippen molar-refractivity contribution < 1.29 is 0 Å². The van der Waals surface area contributed by atoms with Crippen LogP contribution in [0.15, 0.2) is 35.1 Å². The molecule has 0 unspecified atom stereocenters. The summed E-state index contributed by atoms with van der Waals surface area (Å²) in [5.74, 6) is 0. The number of rotatable bonds is 3. The minimum atomic E-state index is -0.294. The Morgan fingerprint density at radius 1 is 1.24 bits per heavy atom. The molecule has 0 radical (unpaired) electrons. The molecule has 3 nitrogen and oxygen atoms in total. The van der Waals surface area contributed by atoms with Gasteiger partial charge >= 0.3 is 5.69 Å². The van der Waals surface area contributed by atoms with Gasteiger partial charge in [0, 0.05) is 11.3 Å². The lowest BCUT2D eigenvalue weighted by Crippen LogP contribution is -2.11. The standard InChI is InChI=1S/C14H16N2O/c1-3-4-11-5-7-12(8-6-11)13-9-10(2)15-14(17)16-13/h5-9H,3-4H2,1-2H3,(H,15,16,17). The number of nitrogens with zero attached hydrogens (tertiary/aromatic N) is 1. The van der Waals surface area contributed by atoms with Crippen molar-refractivity contribution in [3.05, 3.63) is 52.1 Å². The number of hydrogen-bond donors (Lipinski definition) is 1. The molecule has 0 bridgehead atoms. The number of aromatic nitrogens is 2. The minimum Gasteiger partial charge on any atom is -0.310 e. The zero-order valence-corrected chi connectivity index (χ0v) is 10.2. The van der Waals surface area contributed by atoms with E-state index < -0.39 is 0 Å². The molecule has 1 heterocycles. The first-order valence-electron chi connectivity index (χ1n) is 5.86. The van der Waals surface area contributed by atoms with Crippen molar-refractivity contribution in [1.29, 1.82) is 0 Å². The number of aryl methyl sites for hydroxylation is 2. The van der Waals surface area contributed by atoms with Gasteiger partial charge in [-0.1, -0.05) is 37.6 Å². The molecule has 0 saturated heterocycles. The normalized spacial score (nSPS) is 10.5. The quantitative estimate of drug-likeness (QED) is 0.877. The van der Waals surface area contributed by atoms with Crippen molar-refractivity contribution in [3.63, 3.8) is 0 Å². The fraction of sp³-hybridized carbons (Fsp3) is 0.286. The second kappa shape index (κ2) is 4.95. The SMILES string of the molecule is CCCc1ccc(-c2cc(C)[nH]c(=O)n2)cc1. The highest BCUT2D eigenvalue weighted by molar-refractivity contribution is 5.59. The molecule has 1 aromatic carbocycles. The lowest BCUT2D eigenvalue weighted by atomic mass is 10.1. The lowest BCUT2D eigenvalue weighted by molar-refractivity contribution is 0.922. The van der Waals surface area contributed by atoms with Crippen LogP contribution < -0.4 is 5.69 Å². The molecular formula is C14H16N2O. The number of hydrogen-bond acceptors (Lipinski definition) is 2. The third-order valence-corrected chi connectivity index (χ3v) is 2.67. The molecule has 17 heavy (non-hydrogen) atoms. The van der Waals surface area contributed by atoms with Crippen LogP contribution in [0.2, 0.25) is 0 Å². The van der Waals surface area contributed by atoms with Crippen LogP contribution in [0.5, 0.6) is 0 Å². The van der Waals surface area contributed by atoms with Gasteiger partial charge in [-0.15, -0.1) is 0 Å². The van der Waals surface area contributed by atoms with Crippen LogP contribution in [0.3, 0.4) is 0 Å². The fourth-order valence-corrected chi connectivity index (χ4v) is 1.86. The number of H-pyrrole nitrogens is 1. The number of aromatic amines is 1. The first-order chi connectivity index (χ1) is 8.19. The van der Waals surface area contributed by atoms with E-state index >= 15 is 0 Å². The topological polar surface area (TPSA) is 45.8 Å². The van der Waals surface area contributed by atoms with Crippen molar-refractivity contribution in [2.24, 2.45) is 0 Å². The first kappa shape index (κ1) is 11.6. The van der Waals surface area contributed by atoms with Crippen LogP contribution >= 0.6 is 0 Å². The predicted octanol–water partition coefficient (Wildman–Crippen LogP) is 2.70. The summed E-state index contributed by atoms with van der Waals surface area (Å²) in [7, 11) is 0. The first-order valence-corrected chi connectivity index (χ1v) is 5.86. The summed E-state index contributed by atoms with van der Waals surface area (Å²) < 4.78 is 0. The highest BCUT2D eigenvalue weighted by atomic mass is 16.1. The van der Waals surface area contributed by atoms with Gasteiger partial charge in [-0.05, 0) is 25.0 Å². The molecule has 2 aromatic rings. The molecule has 0 aliphatic rings. The smallest absolute Gasteiger partial charge is 0.310 e. The number of benzene rings is 1. The van der Waals surface area contributed by atoms with E-state index in [9.17, 15) is 4.79 Å². The van der Waals surface area contributed by atoms with Gasteiger partial charge in [-0.3, -0.25) is 0 Å². The Bertz CT molecular complexity index is 555. The van der Waals surface area contributed by atoms with Crippen LogP contribution in [0.25, 0.3) is 11.3 Å². The highest BCUT2D eigenvalue weighted by Crippen LogP contribution is 2.17. The second-order valence-electron chi connectivity index (χ2n) is 4.20. The van der Waals surface area contributed by atoms with Crippen molar-refractivity contribution in [2.45, 2.75) is 26.7 Å². The molecule has 0 spiro atoms. The summed E-state index contributed by atoms with van der Waals surface area (Å²) in [4.78, 5) is 17.9. The zero-order valence-electron chi connectivity index (χ0n) is 10.2. The largest absolute Gasteiger partial charge is 0.345 e. The summed E-state index contributed by atoms with van der Waals surface area (Å²) in [5.41, 5.74) is 3.57. The minimum absolute atomic E-state index is 0.294. The van der Waals surface area contributed by atoms with Crippen LogP contribution in [0.4, 0.5) is 0 Å². The van der Waals surface area contributed by atoms with Crippen molar-refractivity contribution in [3.8, 4) is 11.3 Å². The Morgan fingerprint density at radius 3 is 2.53 bits per heavy atom. The molecule has 0 aliphatic carbocycles. The van der Waals surface area contributed by atoms with E-state index in [4.69, 9.17) is 0 Å². The molecule has 2 rings (SSSR count). The van der Waals surface area contributed by atoms with Crippen molar-refractivity contribution in [1.82, 2.24) is 9.97 Å². The van der Waals surface area contributed by atoms with Gasteiger partial charge in [0.1, 0.15) is 0 Å². The maximum absolute atomic E-state index is 11.3. The molecule has 0 atom stereocenters. The molecule has 0 saturated carbocycles. The van der Waals surface area contributed by atoms with Gasteiger partial charge in [0.05, 0.1) is 5.69 Å². The monoisotopic (exact) mass is 228 g/mol. The highest BCUT2D eigenvalue weighted by Gasteiger charge is 2.01. The van der Waals surface area contributed by atoms with Gasteiger partial charge in [0.2, 0.25) is 0 Å². The Hall–Kier alpha value is -1.90. The van der Waals surface area contributed by atoms with Crippen LogP contribution in [0, 0.1) is 6.92 Å². The molecule has 1 N–H and O–H groups in total.